The molecular formula is C23H25ClN2O6. The number of rotatable bonds is 7. The minimum Gasteiger partial charge on any atom is -0.507 e. The molecule has 1 atom stereocenters. The second-order valence-corrected chi connectivity index (χ2v) is 7.98. The van der Waals surface area contributed by atoms with Gasteiger partial charge in [-0.15, -0.1) is 0 Å². The van der Waals surface area contributed by atoms with Gasteiger partial charge in [0.05, 0.1) is 31.4 Å². The van der Waals surface area contributed by atoms with Crippen LogP contribution in [-0.2, 0) is 9.59 Å². The maximum absolute atomic E-state index is 13.1. The van der Waals surface area contributed by atoms with Gasteiger partial charge in [-0.3, -0.25) is 9.59 Å². The van der Waals surface area contributed by atoms with Crippen LogP contribution in [0, 0.1) is 0 Å². The Morgan fingerprint density at radius 3 is 2.50 bits per heavy atom. The molecule has 0 saturated carbocycles. The summed E-state index contributed by atoms with van der Waals surface area (Å²) in [6, 6.07) is 8.23. The molecule has 0 radical (unpaired) electrons. The van der Waals surface area contributed by atoms with Gasteiger partial charge in [0.15, 0.2) is 11.5 Å². The van der Waals surface area contributed by atoms with Crippen molar-refractivity contribution in [1.29, 1.82) is 0 Å². The molecule has 1 heterocycles. The highest BCUT2D eigenvalue weighted by molar-refractivity contribution is 6.46. The van der Waals surface area contributed by atoms with Gasteiger partial charge in [-0.05, 0) is 38.4 Å². The molecule has 8 nitrogen and oxygen atoms in total. The Labute approximate surface area is 191 Å². The maximum Gasteiger partial charge on any atom is 0.295 e. The Balaban J connectivity index is 2.29. The van der Waals surface area contributed by atoms with E-state index < -0.39 is 23.5 Å². The number of aromatic hydroxyl groups is 1. The minimum atomic E-state index is -0.960. The predicted octanol–water partition coefficient (Wildman–Crippen LogP) is 3.05. The van der Waals surface area contributed by atoms with E-state index in [-0.39, 0.29) is 28.5 Å². The number of aliphatic hydroxyl groups is 1. The largest absolute Gasteiger partial charge is 0.507 e. The van der Waals surface area contributed by atoms with Crippen LogP contribution in [0.3, 0.4) is 0 Å². The summed E-state index contributed by atoms with van der Waals surface area (Å²) in [4.78, 5) is 29.4. The molecule has 1 aliphatic heterocycles. The van der Waals surface area contributed by atoms with Crippen LogP contribution in [0.2, 0.25) is 5.02 Å². The van der Waals surface area contributed by atoms with E-state index in [4.69, 9.17) is 21.1 Å². The normalized spacial score (nSPS) is 17.8. The molecule has 32 heavy (non-hydrogen) atoms. The number of phenolic OH excluding ortho intramolecular Hbond substituents is 1. The number of phenols is 1. The minimum absolute atomic E-state index is 0.0463. The number of aliphatic hydroxyl groups excluding tert-OH is 1. The summed E-state index contributed by atoms with van der Waals surface area (Å²) in [6.45, 7) is 0.708. The fourth-order valence-electron chi connectivity index (χ4n) is 3.71. The molecule has 2 aromatic rings. The monoisotopic (exact) mass is 460 g/mol. The number of amides is 1. The molecule has 0 unspecified atom stereocenters. The Morgan fingerprint density at radius 2 is 1.88 bits per heavy atom. The van der Waals surface area contributed by atoms with Crippen LogP contribution in [0.5, 0.6) is 17.2 Å². The van der Waals surface area contributed by atoms with Crippen molar-refractivity contribution in [3.05, 3.63) is 58.1 Å². The quantitative estimate of drug-likeness (QED) is 0.372. The van der Waals surface area contributed by atoms with E-state index in [2.05, 4.69) is 0 Å². The summed E-state index contributed by atoms with van der Waals surface area (Å²) in [6.07, 6.45) is 0. The molecule has 0 aliphatic carbocycles. The number of likely N-dealkylation sites (N-methyl/N-ethyl adjacent to an activating group) is 1. The third-order valence-electron chi connectivity index (χ3n) is 5.27. The van der Waals surface area contributed by atoms with Gasteiger partial charge in [0.2, 0.25) is 0 Å². The summed E-state index contributed by atoms with van der Waals surface area (Å²) in [5.74, 6) is -1.68. The van der Waals surface area contributed by atoms with E-state index in [0.717, 1.165) is 0 Å². The highest BCUT2D eigenvalue weighted by Crippen LogP contribution is 2.46. The van der Waals surface area contributed by atoms with E-state index >= 15 is 0 Å². The molecule has 170 valence electrons. The number of carbonyl (C=O) groups excluding carboxylic acids is 2. The number of methoxy groups -OCH3 is 2. The Hall–Kier alpha value is -3.23. The number of Topliss-reactive ketones (excluding diaryl/α,β-unsaturated/α-hetero) is 1. The Bertz CT molecular complexity index is 1080. The fraction of sp³-hybridized carbons (Fsp3) is 0.304. The van der Waals surface area contributed by atoms with Crippen molar-refractivity contribution in [3.8, 4) is 17.2 Å². The van der Waals surface area contributed by atoms with Crippen molar-refractivity contribution in [2.24, 2.45) is 0 Å². The summed E-state index contributed by atoms with van der Waals surface area (Å²) in [5.41, 5.74) is 0.251. The zero-order valence-electron chi connectivity index (χ0n) is 18.3. The fourth-order valence-corrected chi connectivity index (χ4v) is 3.88. The molecule has 2 N–H and O–H groups in total. The Kier molecular flexibility index (Phi) is 6.96. The van der Waals surface area contributed by atoms with E-state index in [1.165, 1.54) is 37.3 Å². The molecule has 1 amide bonds. The van der Waals surface area contributed by atoms with Crippen molar-refractivity contribution in [3.63, 3.8) is 0 Å². The number of hydrogen-bond donors (Lipinski definition) is 2. The van der Waals surface area contributed by atoms with Crippen LogP contribution in [0.25, 0.3) is 5.76 Å². The van der Waals surface area contributed by atoms with E-state index in [1.54, 1.807) is 18.2 Å². The summed E-state index contributed by atoms with van der Waals surface area (Å²) in [7, 11) is 6.63. The zero-order chi connectivity index (χ0) is 23.6. The highest BCUT2D eigenvalue weighted by atomic mass is 35.5. The zero-order valence-corrected chi connectivity index (χ0v) is 19.0. The van der Waals surface area contributed by atoms with Crippen LogP contribution < -0.4 is 9.47 Å². The molecule has 3 rings (SSSR count). The van der Waals surface area contributed by atoms with Crippen LogP contribution in [0.4, 0.5) is 0 Å². The number of likely N-dealkylation sites (tertiary alicyclic amines) is 1. The third-order valence-corrected chi connectivity index (χ3v) is 5.50. The second-order valence-electron chi connectivity index (χ2n) is 7.54. The van der Waals surface area contributed by atoms with Gasteiger partial charge in [-0.1, -0.05) is 23.7 Å². The topological polar surface area (TPSA) is 99.5 Å². The molecule has 9 heteroatoms. The molecule has 2 aromatic carbocycles. The van der Waals surface area contributed by atoms with E-state index in [9.17, 15) is 19.8 Å². The molecule has 0 spiro atoms. The number of hydrogen-bond acceptors (Lipinski definition) is 7. The van der Waals surface area contributed by atoms with Crippen LogP contribution in [-0.4, -0.2) is 73.1 Å². The van der Waals surface area contributed by atoms with Crippen LogP contribution in [0.1, 0.15) is 17.2 Å². The number of nitrogens with zero attached hydrogens (tertiary/aromatic N) is 2. The lowest BCUT2D eigenvalue weighted by Gasteiger charge is -2.28. The number of halogens is 1. The average Bonchev–Trinajstić information content (AvgIpc) is 3.02. The van der Waals surface area contributed by atoms with Crippen molar-refractivity contribution in [2.45, 2.75) is 6.04 Å². The van der Waals surface area contributed by atoms with Crippen molar-refractivity contribution >= 4 is 29.1 Å². The molecular weight excluding hydrogens is 436 g/mol. The number of ether oxygens (including phenoxy) is 2. The van der Waals surface area contributed by atoms with Gasteiger partial charge in [0.1, 0.15) is 11.5 Å². The molecule has 0 bridgehead atoms. The Morgan fingerprint density at radius 1 is 1.16 bits per heavy atom. The number of carbonyl (C=O) groups is 2. The lowest BCUT2D eigenvalue weighted by molar-refractivity contribution is -0.140. The summed E-state index contributed by atoms with van der Waals surface area (Å²) < 4.78 is 10.9. The van der Waals surface area contributed by atoms with Crippen molar-refractivity contribution in [1.82, 2.24) is 9.80 Å². The summed E-state index contributed by atoms with van der Waals surface area (Å²) in [5, 5.41) is 21.6. The molecule has 1 fully saturated rings. The van der Waals surface area contributed by atoms with Gasteiger partial charge in [-0.25, -0.2) is 0 Å². The lowest BCUT2D eigenvalue weighted by Crippen LogP contribution is -2.35. The first kappa shape index (κ1) is 23.4. The molecule has 1 saturated heterocycles. The predicted molar refractivity (Wildman–Crippen MR) is 120 cm³/mol. The van der Waals surface area contributed by atoms with E-state index in [1.807, 2.05) is 19.0 Å². The van der Waals surface area contributed by atoms with E-state index in [0.29, 0.717) is 23.6 Å². The highest BCUT2D eigenvalue weighted by Gasteiger charge is 2.47. The SMILES string of the molecule is COc1cccc([C@H]2C(=C(O)c3cc(Cl)ccc3O)C(=O)C(=O)N2CCN(C)C)c1OC. The van der Waals surface area contributed by atoms with Gasteiger partial charge in [0.25, 0.3) is 11.7 Å². The van der Waals surface area contributed by atoms with Crippen molar-refractivity contribution < 1.29 is 29.3 Å². The van der Waals surface area contributed by atoms with Gasteiger partial charge in [0, 0.05) is 23.7 Å². The number of para-hydroxylation sites is 1. The van der Waals surface area contributed by atoms with Gasteiger partial charge >= 0.3 is 0 Å². The third kappa shape index (κ3) is 4.24. The maximum atomic E-state index is 13.1. The number of benzene rings is 2. The van der Waals surface area contributed by atoms with Gasteiger partial charge < -0.3 is 29.5 Å². The van der Waals surface area contributed by atoms with Gasteiger partial charge in [-0.2, -0.15) is 0 Å². The first-order valence-corrected chi connectivity index (χ1v) is 10.2. The standard InChI is InChI=1S/C23H25ClN2O6/c1-25(2)10-11-26-19(14-6-5-7-17(31-3)22(14)32-4)18(21(29)23(26)30)20(28)15-12-13(24)8-9-16(15)27/h5-9,12,19,27-28H,10-11H2,1-4H3/t19-/m0/s1. The van der Waals surface area contributed by atoms with Crippen LogP contribution >= 0.6 is 11.6 Å². The first-order valence-electron chi connectivity index (χ1n) is 9.84. The van der Waals surface area contributed by atoms with Crippen molar-refractivity contribution in [2.75, 3.05) is 41.4 Å². The molecule has 0 aromatic heterocycles. The van der Waals surface area contributed by atoms with Crippen LogP contribution in [0.15, 0.2) is 42.0 Å². The first-order chi connectivity index (χ1) is 15.2. The smallest absolute Gasteiger partial charge is 0.295 e. The average molecular weight is 461 g/mol. The summed E-state index contributed by atoms with van der Waals surface area (Å²) >= 11 is 6.04. The second kappa shape index (κ2) is 9.50. The molecule has 1 aliphatic rings. The number of ketones is 1. The lowest BCUT2D eigenvalue weighted by atomic mass is 9.94.